The molecule has 4 nitrogen and oxygen atoms in total. The molecule has 0 aliphatic carbocycles. The lowest BCUT2D eigenvalue weighted by Gasteiger charge is -2.20. The zero-order chi connectivity index (χ0) is 9.07. The molecule has 1 atom stereocenters. The summed E-state index contributed by atoms with van der Waals surface area (Å²) in [4.78, 5) is 10.7. The molecule has 0 saturated carbocycles. The molecule has 0 fully saturated rings. The third kappa shape index (κ3) is 7.12. The van der Waals surface area contributed by atoms with Crippen molar-refractivity contribution in [2.75, 3.05) is 0 Å². The number of rotatable bonds is 1. The molecule has 0 saturated heterocycles. The van der Waals surface area contributed by atoms with Gasteiger partial charge in [0.15, 0.2) is 0 Å². The van der Waals surface area contributed by atoms with E-state index in [0.29, 0.717) is 0 Å². The summed E-state index contributed by atoms with van der Waals surface area (Å²) >= 11 is 0. The molecule has 2 N–H and O–H groups in total. The average Bonchev–Trinajstić information content (AvgIpc) is 1.53. The van der Waals surface area contributed by atoms with Crippen LogP contribution in [0.15, 0.2) is 0 Å². The highest BCUT2D eigenvalue weighted by molar-refractivity contribution is 5.67. The first kappa shape index (κ1) is 10.2. The second-order valence-corrected chi connectivity index (χ2v) is 3.16. The Bertz CT molecular complexity index is 137. The summed E-state index contributed by atoms with van der Waals surface area (Å²) in [6.45, 7) is 8.37. The Kier molecular flexibility index (Phi) is 3.32. The molecule has 1 unspecified atom stereocenters. The van der Waals surface area contributed by atoms with E-state index in [9.17, 15) is 4.79 Å². The second-order valence-electron chi connectivity index (χ2n) is 3.16. The molecule has 0 aromatic rings. The molecule has 1 amide bonds. The van der Waals surface area contributed by atoms with E-state index in [4.69, 9.17) is 9.84 Å². The molecule has 0 aliphatic rings. The van der Waals surface area contributed by atoms with Crippen LogP contribution in [0.4, 0.5) is 4.79 Å². The van der Waals surface area contributed by atoms with Crippen LogP contribution in [0.2, 0.25) is 0 Å². The number of alkyl carbamates (subject to hydrolysis) is 1. The van der Waals surface area contributed by atoms with Crippen LogP contribution in [-0.4, -0.2) is 23.0 Å². The van der Waals surface area contributed by atoms with Crippen molar-refractivity contribution in [1.82, 2.24) is 5.32 Å². The van der Waals surface area contributed by atoms with Gasteiger partial charge in [-0.25, -0.2) is 4.79 Å². The summed E-state index contributed by atoms with van der Waals surface area (Å²) in [5.74, 6) is 0. The quantitative estimate of drug-likeness (QED) is 0.554. The molecular formula is C7H14NO3. The van der Waals surface area contributed by atoms with Crippen LogP contribution in [0.1, 0.15) is 20.8 Å². The lowest BCUT2D eigenvalue weighted by molar-refractivity contribution is 0.0415. The minimum absolute atomic E-state index is 0.543. The lowest BCUT2D eigenvalue weighted by Crippen LogP contribution is -2.37. The van der Waals surface area contributed by atoms with Crippen molar-refractivity contribution in [2.24, 2.45) is 0 Å². The second kappa shape index (κ2) is 3.57. The third-order valence-electron chi connectivity index (χ3n) is 0.683. The first-order valence-electron chi connectivity index (χ1n) is 3.32. The van der Waals surface area contributed by atoms with Gasteiger partial charge in [-0.2, -0.15) is 0 Å². The number of carbonyl (C=O) groups excluding carboxylic acids is 1. The van der Waals surface area contributed by atoms with Crippen molar-refractivity contribution in [2.45, 2.75) is 32.6 Å². The van der Waals surface area contributed by atoms with Crippen LogP contribution < -0.4 is 5.32 Å². The standard InChI is InChI=1S/C7H14NO3/c1-5(9)8-6(10)11-7(2,3)4/h5,9H,1H2,2-4H3,(H,8,10). The smallest absolute Gasteiger partial charge is 0.409 e. The number of hydrogen-bond acceptors (Lipinski definition) is 3. The molecule has 11 heavy (non-hydrogen) atoms. The monoisotopic (exact) mass is 160 g/mol. The van der Waals surface area contributed by atoms with Gasteiger partial charge >= 0.3 is 6.09 Å². The topological polar surface area (TPSA) is 58.6 Å². The number of aliphatic hydroxyl groups excluding tert-OH is 1. The summed E-state index contributed by atoms with van der Waals surface area (Å²) in [6.07, 6.45) is -1.79. The molecule has 0 aromatic heterocycles. The third-order valence-corrected chi connectivity index (χ3v) is 0.683. The summed E-state index contributed by atoms with van der Waals surface area (Å²) in [7, 11) is 0. The van der Waals surface area contributed by atoms with E-state index in [1.807, 2.05) is 0 Å². The van der Waals surface area contributed by atoms with E-state index >= 15 is 0 Å². The molecule has 0 rings (SSSR count). The van der Waals surface area contributed by atoms with E-state index in [-0.39, 0.29) is 0 Å². The fourth-order valence-electron chi connectivity index (χ4n) is 0.444. The zero-order valence-corrected chi connectivity index (χ0v) is 7.05. The average molecular weight is 160 g/mol. The van der Waals surface area contributed by atoms with Crippen LogP contribution in [0.5, 0.6) is 0 Å². The minimum atomic E-state index is -1.12. The summed E-state index contributed by atoms with van der Waals surface area (Å²) in [5.41, 5.74) is -0.543. The van der Waals surface area contributed by atoms with E-state index in [1.54, 1.807) is 20.8 Å². The Morgan fingerprint density at radius 3 is 2.36 bits per heavy atom. The Labute approximate surface area is 66.5 Å². The van der Waals surface area contributed by atoms with E-state index in [0.717, 1.165) is 0 Å². The Morgan fingerprint density at radius 1 is 1.64 bits per heavy atom. The normalized spacial score (nSPS) is 13.9. The number of carbonyl (C=O) groups is 1. The van der Waals surface area contributed by atoms with Gasteiger partial charge in [0.2, 0.25) is 0 Å². The van der Waals surface area contributed by atoms with Crippen LogP contribution in [0, 0.1) is 6.92 Å². The highest BCUT2D eigenvalue weighted by atomic mass is 16.6. The molecule has 0 aromatic carbocycles. The molecule has 0 spiro atoms. The predicted molar refractivity (Wildman–Crippen MR) is 40.7 cm³/mol. The Morgan fingerprint density at radius 2 is 2.09 bits per heavy atom. The maximum absolute atomic E-state index is 10.7. The Balaban J connectivity index is 3.71. The van der Waals surface area contributed by atoms with Crippen molar-refractivity contribution in [3.8, 4) is 0 Å². The maximum Gasteiger partial charge on any atom is 0.409 e. The number of aliphatic hydroxyl groups is 1. The van der Waals surface area contributed by atoms with Gasteiger partial charge in [-0.15, -0.1) is 0 Å². The van der Waals surface area contributed by atoms with E-state index < -0.39 is 17.9 Å². The Hall–Kier alpha value is -0.770. The van der Waals surface area contributed by atoms with Gasteiger partial charge in [0, 0.05) is 0 Å². The molecule has 0 aliphatic heterocycles. The van der Waals surface area contributed by atoms with Crippen molar-refractivity contribution in [3.63, 3.8) is 0 Å². The SMILES string of the molecule is [CH2]C(O)NC(=O)OC(C)(C)C. The van der Waals surface area contributed by atoms with Gasteiger partial charge in [0.25, 0.3) is 0 Å². The maximum atomic E-state index is 10.7. The lowest BCUT2D eigenvalue weighted by atomic mass is 10.2. The van der Waals surface area contributed by atoms with Gasteiger partial charge in [-0.3, -0.25) is 5.32 Å². The van der Waals surface area contributed by atoms with Crippen molar-refractivity contribution in [1.29, 1.82) is 0 Å². The summed E-state index contributed by atoms with van der Waals surface area (Å²) < 4.78 is 4.80. The van der Waals surface area contributed by atoms with Crippen molar-refractivity contribution < 1.29 is 14.6 Å². The number of hydrogen-bond donors (Lipinski definition) is 2. The van der Waals surface area contributed by atoms with Crippen molar-refractivity contribution in [3.05, 3.63) is 6.92 Å². The van der Waals surface area contributed by atoms with Crippen molar-refractivity contribution >= 4 is 6.09 Å². The van der Waals surface area contributed by atoms with E-state index in [1.165, 1.54) is 0 Å². The summed E-state index contributed by atoms with van der Waals surface area (Å²) in [6, 6.07) is 0. The highest BCUT2D eigenvalue weighted by Crippen LogP contribution is 2.06. The first-order valence-corrected chi connectivity index (χ1v) is 3.32. The molecule has 65 valence electrons. The fourth-order valence-corrected chi connectivity index (χ4v) is 0.444. The summed E-state index contributed by atoms with van der Waals surface area (Å²) in [5, 5.41) is 10.7. The van der Waals surface area contributed by atoms with Gasteiger partial charge in [-0.05, 0) is 27.7 Å². The van der Waals surface area contributed by atoms with Crippen LogP contribution in [-0.2, 0) is 4.74 Å². The molecule has 1 radical (unpaired) electrons. The molecular weight excluding hydrogens is 146 g/mol. The predicted octanol–water partition coefficient (Wildman–Crippen LogP) is 0.664. The number of amides is 1. The van der Waals surface area contributed by atoms with Gasteiger partial charge in [-0.1, -0.05) is 0 Å². The van der Waals surface area contributed by atoms with Gasteiger partial charge < -0.3 is 9.84 Å². The van der Waals surface area contributed by atoms with Gasteiger partial charge in [0.05, 0.1) is 0 Å². The van der Waals surface area contributed by atoms with Crippen LogP contribution in [0.3, 0.4) is 0 Å². The molecule has 0 bridgehead atoms. The van der Waals surface area contributed by atoms with E-state index in [2.05, 4.69) is 12.2 Å². The fraction of sp³-hybridized carbons (Fsp3) is 0.714. The van der Waals surface area contributed by atoms with Crippen LogP contribution in [0.25, 0.3) is 0 Å². The zero-order valence-electron chi connectivity index (χ0n) is 7.05. The minimum Gasteiger partial charge on any atom is -0.444 e. The van der Waals surface area contributed by atoms with Crippen LogP contribution >= 0.6 is 0 Å². The highest BCUT2D eigenvalue weighted by Gasteiger charge is 2.16. The molecule has 0 heterocycles. The molecule has 4 heteroatoms. The van der Waals surface area contributed by atoms with Gasteiger partial charge in [0.1, 0.15) is 11.8 Å². The number of nitrogens with one attached hydrogen (secondary N) is 1. The first-order chi connectivity index (χ1) is 4.81. The number of ether oxygens (including phenoxy) is 1. The largest absolute Gasteiger partial charge is 0.444 e.